The van der Waals surface area contributed by atoms with Gasteiger partial charge in [-0.05, 0) is 30.9 Å². The predicted molar refractivity (Wildman–Crippen MR) is 128 cm³/mol. The zero-order chi connectivity index (χ0) is 23.8. The average molecular weight is 487 g/mol. The summed E-state index contributed by atoms with van der Waals surface area (Å²) < 4.78 is 31.5. The molecule has 4 heterocycles. The molecule has 34 heavy (non-hydrogen) atoms. The van der Waals surface area contributed by atoms with E-state index in [0.717, 1.165) is 42.7 Å². The first-order valence-electron chi connectivity index (χ1n) is 11.6. The lowest BCUT2D eigenvalue weighted by Crippen LogP contribution is -2.35. The first-order valence-corrected chi connectivity index (χ1v) is 12.9. The Morgan fingerprint density at radius 2 is 2.09 bits per heavy atom. The van der Waals surface area contributed by atoms with Crippen LogP contribution in [0.4, 0.5) is 16.2 Å². The molecule has 9 nitrogen and oxygen atoms in total. The molecule has 1 N–H and O–H groups in total. The third-order valence-electron chi connectivity index (χ3n) is 6.70. The van der Waals surface area contributed by atoms with E-state index in [1.807, 2.05) is 13.8 Å². The van der Waals surface area contributed by atoms with Crippen LogP contribution in [0.2, 0.25) is 0 Å². The summed E-state index contributed by atoms with van der Waals surface area (Å²) in [6.07, 6.45) is 2.30. The van der Waals surface area contributed by atoms with E-state index in [1.165, 1.54) is 12.1 Å². The van der Waals surface area contributed by atoms with Crippen LogP contribution in [0.1, 0.15) is 44.0 Å². The minimum Gasteiger partial charge on any atom is -0.364 e. The number of aryl methyl sites for hydroxylation is 1. The van der Waals surface area contributed by atoms with Gasteiger partial charge in [0.15, 0.2) is 5.58 Å². The van der Waals surface area contributed by atoms with Crippen molar-refractivity contribution in [2.45, 2.75) is 50.0 Å². The number of piperidine rings is 1. The maximum atomic E-state index is 13.5. The van der Waals surface area contributed by atoms with Crippen molar-refractivity contribution >= 4 is 33.5 Å². The molecule has 1 aromatic carbocycles. The lowest BCUT2D eigenvalue weighted by Gasteiger charge is -2.32. The van der Waals surface area contributed by atoms with Crippen molar-refractivity contribution in [2.75, 3.05) is 35.6 Å². The van der Waals surface area contributed by atoms with Crippen LogP contribution in [-0.2, 0) is 17.2 Å². The van der Waals surface area contributed by atoms with Crippen LogP contribution in [-0.4, -0.2) is 50.8 Å². The number of hydrogen-bond donors (Lipinski definition) is 1. The summed E-state index contributed by atoms with van der Waals surface area (Å²) >= 11 is 0. The number of hydrogen-bond acceptors (Lipinski definition) is 9. The van der Waals surface area contributed by atoms with Gasteiger partial charge >= 0.3 is 0 Å². The van der Waals surface area contributed by atoms with Crippen LogP contribution in [0.5, 0.6) is 0 Å². The number of nitrogens with zero attached hydrogens (tertiary/aromatic N) is 5. The van der Waals surface area contributed by atoms with E-state index < -0.39 is 10.8 Å². The van der Waals surface area contributed by atoms with Crippen molar-refractivity contribution in [2.24, 2.45) is 11.1 Å². The Hall–Kier alpha value is -2.95. The lowest BCUT2D eigenvalue weighted by atomic mass is 9.92. The molecule has 11 heteroatoms. The van der Waals surface area contributed by atoms with Crippen molar-refractivity contribution in [3.8, 4) is 0 Å². The molecule has 0 saturated carbocycles. The number of benzene rings is 1. The second-order valence-electron chi connectivity index (χ2n) is 9.22. The van der Waals surface area contributed by atoms with Crippen LogP contribution >= 0.6 is 0 Å². The molecule has 0 spiro atoms. The van der Waals surface area contributed by atoms with Crippen LogP contribution in [0.3, 0.4) is 0 Å². The van der Waals surface area contributed by atoms with Gasteiger partial charge in [0.2, 0.25) is 5.95 Å². The monoisotopic (exact) mass is 486 g/mol. The molecule has 0 radical (unpaired) electrons. The van der Waals surface area contributed by atoms with Crippen LogP contribution < -0.4 is 10.2 Å². The Labute approximate surface area is 198 Å². The number of rotatable bonds is 7. The first-order chi connectivity index (χ1) is 16.4. The largest absolute Gasteiger partial charge is 0.364 e. The molecule has 2 atom stereocenters. The van der Waals surface area contributed by atoms with Gasteiger partial charge in [-0.15, -0.1) is 0 Å². The highest BCUT2D eigenvalue weighted by Gasteiger charge is 2.31. The minimum atomic E-state index is -1.16. The number of nitrogens with one attached hydrogen (secondary N) is 1. The zero-order valence-electron chi connectivity index (χ0n) is 19.2. The summed E-state index contributed by atoms with van der Waals surface area (Å²) in [5, 5.41) is 11.5. The van der Waals surface area contributed by atoms with Crippen molar-refractivity contribution < 1.29 is 13.1 Å². The van der Waals surface area contributed by atoms with Crippen LogP contribution in [0.25, 0.3) is 11.0 Å². The lowest BCUT2D eigenvalue weighted by molar-refractivity contribution is 0.415. The molecule has 5 rings (SSSR count). The molecule has 1 saturated heterocycles. The third kappa shape index (κ3) is 4.28. The van der Waals surface area contributed by atoms with E-state index in [2.05, 4.69) is 20.6 Å². The minimum absolute atomic E-state index is 0.110. The number of fused-ring (bicyclic) bond motifs is 2. The molecule has 0 aliphatic carbocycles. The van der Waals surface area contributed by atoms with Gasteiger partial charge in [-0.2, -0.15) is 9.89 Å². The van der Waals surface area contributed by atoms with Crippen molar-refractivity contribution in [3.63, 3.8) is 0 Å². The maximum Gasteiger partial charge on any atom is 0.227 e. The highest BCUT2D eigenvalue weighted by molar-refractivity contribution is 7.85. The SMILES string of the molecule is CC(C)[C@H](CN=O)Nc1nc(N2CCC(c3noc4cc(F)ccc34)CC2)nc2c1S(=O)CC2. The Morgan fingerprint density at radius 1 is 1.29 bits per heavy atom. The van der Waals surface area contributed by atoms with E-state index >= 15 is 0 Å². The molecule has 1 unspecified atom stereocenters. The molecule has 3 aromatic rings. The Kier molecular flexibility index (Phi) is 6.28. The molecule has 2 aliphatic heterocycles. The van der Waals surface area contributed by atoms with E-state index in [0.29, 0.717) is 34.4 Å². The maximum absolute atomic E-state index is 13.5. The van der Waals surface area contributed by atoms with Crippen molar-refractivity contribution in [1.29, 1.82) is 0 Å². The average Bonchev–Trinajstić information content (AvgIpc) is 3.42. The highest BCUT2D eigenvalue weighted by Crippen LogP contribution is 2.35. The quantitative estimate of drug-likeness (QED) is 0.499. The fraction of sp³-hybridized carbons (Fsp3) is 0.522. The van der Waals surface area contributed by atoms with Crippen molar-refractivity contribution in [1.82, 2.24) is 15.1 Å². The second-order valence-corrected chi connectivity index (χ2v) is 10.7. The Morgan fingerprint density at radius 3 is 2.82 bits per heavy atom. The van der Waals surface area contributed by atoms with Gasteiger partial charge in [0.05, 0.1) is 28.2 Å². The fourth-order valence-electron chi connectivity index (χ4n) is 4.68. The smallest absolute Gasteiger partial charge is 0.227 e. The molecule has 2 aromatic heterocycles. The molecule has 180 valence electrons. The number of halogens is 1. The first kappa shape index (κ1) is 22.8. The van der Waals surface area contributed by atoms with Gasteiger partial charge in [-0.1, -0.05) is 24.2 Å². The summed E-state index contributed by atoms with van der Waals surface area (Å²) in [6.45, 7) is 5.58. The van der Waals surface area contributed by atoms with Crippen LogP contribution in [0.15, 0.2) is 32.8 Å². The van der Waals surface area contributed by atoms with Gasteiger partial charge < -0.3 is 14.7 Å². The van der Waals surface area contributed by atoms with Gasteiger partial charge in [0, 0.05) is 42.6 Å². The Balaban J connectivity index is 1.37. The van der Waals surface area contributed by atoms with Crippen LogP contribution in [0, 0.1) is 16.6 Å². The van der Waals surface area contributed by atoms with E-state index in [-0.39, 0.29) is 30.2 Å². The number of nitroso groups, excluding NO2 is 1. The topological polar surface area (TPSA) is 114 Å². The highest BCUT2D eigenvalue weighted by atomic mass is 32.2. The summed E-state index contributed by atoms with van der Waals surface area (Å²) in [5.74, 6) is 1.70. The van der Waals surface area contributed by atoms with Gasteiger partial charge in [0.25, 0.3) is 0 Å². The normalized spacial score (nSPS) is 19.5. The third-order valence-corrected chi connectivity index (χ3v) is 8.16. The summed E-state index contributed by atoms with van der Waals surface area (Å²) in [5.41, 5.74) is 2.13. The predicted octanol–water partition coefficient (Wildman–Crippen LogP) is 4.01. The molecule has 0 amide bonds. The number of aromatic nitrogens is 3. The van der Waals surface area contributed by atoms with E-state index in [4.69, 9.17) is 14.5 Å². The standard InChI is InChI=1S/C23H27FN6O3S/c1-13(2)18(12-25-31)26-22-21-17(7-10-34(21)32)27-23(28-22)30-8-5-14(6-9-30)20-16-4-3-15(24)11-19(16)33-29-20/h3-4,11,13-14,18H,5-10,12H2,1-2H3,(H,26,27,28)/t18-,34?/m0/s1. The van der Waals surface area contributed by atoms with E-state index in [1.54, 1.807) is 6.07 Å². The molecule has 1 fully saturated rings. The Bertz CT molecular complexity index is 1240. The molecular formula is C23H27FN6O3S. The van der Waals surface area contributed by atoms with Gasteiger partial charge in [0.1, 0.15) is 23.1 Å². The summed E-state index contributed by atoms with van der Waals surface area (Å²) in [6, 6.07) is 4.32. The fourth-order valence-corrected chi connectivity index (χ4v) is 5.99. The summed E-state index contributed by atoms with van der Waals surface area (Å²) in [7, 11) is -1.16. The summed E-state index contributed by atoms with van der Waals surface area (Å²) in [4.78, 5) is 23.2. The van der Waals surface area contributed by atoms with E-state index in [9.17, 15) is 13.5 Å². The molecule has 0 bridgehead atoms. The van der Waals surface area contributed by atoms with Crippen molar-refractivity contribution in [3.05, 3.63) is 40.3 Å². The number of anilines is 2. The van der Waals surface area contributed by atoms with Gasteiger partial charge in [-0.25, -0.2) is 9.37 Å². The molecular weight excluding hydrogens is 459 g/mol. The zero-order valence-corrected chi connectivity index (χ0v) is 20.0. The molecule has 2 aliphatic rings. The second kappa shape index (κ2) is 9.36. The van der Waals surface area contributed by atoms with Gasteiger partial charge in [-0.3, -0.25) is 4.21 Å².